The van der Waals surface area contributed by atoms with Crippen LogP contribution in [0.25, 0.3) is 0 Å². The Morgan fingerprint density at radius 3 is 2.68 bits per heavy atom. The highest BCUT2D eigenvalue weighted by Gasteiger charge is 2.27. The van der Waals surface area contributed by atoms with E-state index in [2.05, 4.69) is 10.3 Å². The number of aliphatic hydroxyl groups is 1. The minimum Gasteiger partial charge on any atom is -0.474 e. The average Bonchev–Trinajstić information content (AvgIpc) is 2.45. The van der Waals surface area contributed by atoms with Crippen LogP contribution in [0.1, 0.15) is 55.3 Å². The van der Waals surface area contributed by atoms with E-state index in [-0.39, 0.29) is 18.1 Å². The third kappa shape index (κ3) is 3.52. The Hall–Kier alpha value is -1.33. The number of aliphatic hydroxyl groups excluding tert-OH is 1. The van der Waals surface area contributed by atoms with E-state index in [0.717, 1.165) is 44.9 Å². The molecule has 0 bridgehead atoms. The van der Waals surface area contributed by atoms with Gasteiger partial charge in [-0.1, -0.05) is 24.4 Å². The number of hydrogen-bond donors (Lipinski definition) is 2. The number of halogens is 1. The molecular weight excluding hydrogens is 304 g/mol. The maximum absolute atomic E-state index is 12.5. The minimum atomic E-state index is -0.478. The van der Waals surface area contributed by atoms with E-state index in [1.165, 1.54) is 0 Å². The molecule has 2 N–H and O–H groups in total. The normalized spacial score (nSPS) is 25.4. The van der Waals surface area contributed by atoms with Gasteiger partial charge in [-0.2, -0.15) is 0 Å². The van der Waals surface area contributed by atoms with E-state index in [4.69, 9.17) is 16.3 Å². The highest BCUT2D eigenvalue weighted by Crippen LogP contribution is 2.28. The molecule has 22 heavy (non-hydrogen) atoms. The van der Waals surface area contributed by atoms with Crippen LogP contribution in [0.2, 0.25) is 5.15 Å². The molecule has 0 unspecified atom stereocenters. The first-order chi connectivity index (χ1) is 10.6. The number of amides is 1. The summed E-state index contributed by atoms with van der Waals surface area (Å²) in [6, 6.07) is 3.02. The molecule has 0 spiro atoms. The van der Waals surface area contributed by atoms with Crippen molar-refractivity contribution in [2.24, 2.45) is 0 Å². The fourth-order valence-electron chi connectivity index (χ4n) is 2.85. The second kappa shape index (κ2) is 6.84. The Kier molecular flexibility index (Phi) is 4.84. The number of carbonyl (C=O) groups is 1. The van der Waals surface area contributed by atoms with Gasteiger partial charge in [0, 0.05) is 0 Å². The highest BCUT2D eigenvalue weighted by molar-refractivity contribution is 6.29. The molecular formula is C16H21ClN2O3. The Balaban J connectivity index is 1.72. The molecule has 0 radical (unpaired) electrons. The van der Waals surface area contributed by atoms with E-state index >= 15 is 0 Å². The van der Waals surface area contributed by atoms with Crippen LogP contribution in [0.5, 0.6) is 5.88 Å². The number of nitrogens with one attached hydrogen (secondary N) is 1. The Morgan fingerprint density at radius 1 is 1.23 bits per heavy atom. The van der Waals surface area contributed by atoms with Gasteiger partial charge in [0.15, 0.2) is 0 Å². The molecule has 2 saturated carbocycles. The standard InChI is InChI=1S/C16H21ClN2O3/c17-14-9-8-11(16(19-14)22-10-4-3-5-10)15(21)18-12-6-1-2-7-13(12)20/h8-10,12-13,20H,1-7H2,(H,18,21)/t12-,13+/m1/s1. The zero-order valence-electron chi connectivity index (χ0n) is 12.4. The zero-order chi connectivity index (χ0) is 15.5. The van der Waals surface area contributed by atoms with Crippen molar-refractivity contribution in [1.29, 1.82) is 0 Å². The quantitative estimate of drug-likeness (QED) is 0.835. The molecule has 3 rings (SSSR count). The third-order valence-corrected chi connectivity index (χ3v) is 4.66. The van der Waals surface area contributed by atoms with Crippen LogP contribution in [-0.2, 0) is 0 Å². The molecule has 1 amide bonds. The van der Waals surface area contributed by atoms with Crippen molar-refractivity contribution in [1.82, 2.24) is 10.3 Å². The van der Waals surface area contributed by atoms with Crippen LogP contribution in [0, 0.1) is 0 Å². The lowest BCUT2D eigenvalue weighted by atomic mass is 9.92. The predicted octanol–water partition coefficient (Wildman–Crippen LogP) is 2.70. The van der Waals surface area contributed by atoms with Gasteiger partial charge >= 0.3 is 0 Å². The molecule has 2 atom stereocenters. The number of ether oxygens (including phenoxy) is 1. The van der Waals surface area contributed by atoms with Crippen molar-refractivity contribution < 1.29 is 14.6 Å². The first-order valence-electron chi connectivity index (χ1n) is 7.95. The van der Waals surface area contributed by atoms with Crippen molar-refractivity contribution in [3.05, 3.63) is 22.8 Å². The summed E-state index contributed by atoms with van der Waals surface area (Å²) in [4.78, 5) is 16.6. The molecule has 2 aliphatic carbocycles. The van der Waals surface area contributed by atoms with Gasteiger partial charge in [-0.3, -0.25) is 4.79 Å². The lowest BCUT2D eigenvalue weighted by molar-refractivity contribution is 0.0704. The van der Waals surface area contributed by atoms with Crippen molar-refractivity contribution in [2.75, 3.05) is 0 Å². The van der Waals surface area contributed by atoms with Gasteiger partial charge in [0.1, 0.15) is 16.8 Å². The van der Waals surface area contributed by atoms with Crippen LogP contribution >= 0.6 is 11.6 Å². The van der Waals surface area contributed by atoms with Gasteiger partial charge < -0.3 is 15.2 Å². The topological polar surface area (TPSA) is 71.5 Å². The van der Waals surface area contributed by atoms with Crippen molar-refractivity contribution >= 4 is 17.5 Å². The molecule has 2 aliphatic rings. The first kappa shape index (κ1) is 15.6. The smallest absolute Gasteiger partial charge is 0.257 e. The summed E-state index contributed by atoms with van der Waals surface area (Å²) in [6.45, 7) is 0. The van der Waals surface area contributed by atoms with Crippen molar-refractivity contribution in [3.8, 4) is 5.88 Å². The van der Waals surface area contributed by atoms with E-state index in [0.29, 0.717) is 16.6 Å². The van der Waals surface area contributed by atoms with E-state index < -0.39 is 6.10 Å². The molecule has 0 aromatic carbocycles. The number of nitrogens with zero attached hydrogens (tertiary/aromatic N) is 1. The van der Waals surface area contributed by atoms with Crippen molar-refractivity contribution in [2.45, 2.75) is 63.2 Å². The summed E-state index contributed by atoms with van der Waals surface area (Å²) in [5.74, 6) is 0.0319. The molecule has 2 fully saturated rings. The third-order valence-electron chi connectivity index (χ3n) is 4.45. The number of pyridine rings is 1. The molecule has 6 heteroatoms. The Bertz CT molecular complexity index is 548. The Morgan fingerprint density at radius 2 is 2.00 bits per heavy atom. The lowest BCUT2D eigenvalue weighted by Crippen LogP contribution is -2.45. The Labute approximate surface area is 135 Å². The molecule has 1 aromatic heterocycles. The van der Waals surface area contributed by atoms with E-state index in [1.807, 2.05) is 0 Å². The summed E-state index contributed by atoms with van der Waals surface area (Å²) in [6.07, 6.45) is 6.31. The molecule has 0 aliphatic heterocycles. The summed E-state index contributed by atoms with van der Waals surface area (Å²) in [5, 5.41) is 13.2. The minimum absolute atomic E-state index is 0.123. The number of aromatic nitrogens is 1. The van der Waals surface area contributed by atoms with Gasteiger partial charge in [0.25, 0.3) is 5.91 Å². The van der Waals surface area contributed by atoms with Gasteiger partial charge in [0.05, 0.1) is 12.1 Å². The van der Waals surface area contributed by atoms with Crippen LogP contribution in [0.3, 0.4) is 0 Å². The van der Waals surface area contributed by atoms with Gasteiger partial charge in [-0.05, 0) is 44.2 Å². The summed E-state index contributed by atoms with van der Waals surface area (Å²) < 4.78 is 5.78. The first-order valence-corrected chi connectivity index (χ1v) is 8.33. The second-order valence-electron chi connectivity index (χ2n) is 6.09. The maximum atomic E-state index is 12.5. The zero-order valence-corrected chi connectivity index (χ0v) is 13.2. The molecule has 1 aromatic rings. The fourth-order valence-corrected chi connectivity index (χ4v) is 2.99. The highest BCUT2D eigenvalue weighted by atomic mass is 35.5. The molecule has 5 nitrogen and oxygen atoms in total. The molecule has 1 heterocycles. The van der Waals surface area contributed by atoms with E-state index in [9.17, 15) is 9.90 Å². The number of rotatable bonds is 4. The van der Waals surface area contributed by atoms with Crippen LogP contribution < -0.4 is 10.1 Å². The monoisotopic (exact) mass is 324 g/mol. The van der Waals surface area contributed by atoms with E-state index in [1.54, 1.807) is 12.1 Å². The average molecular weight is 325 g/mol. The van der Waals surface area contributed by atoms with Crippen LogP contribution in [0.4, 0.5) is 0 Å². The largest absolute Gasteiger partial charge is 0.474 e. The van der Waals surface area contributed by atoms with Gasteiger partial charge in [-0.15, -0.1) is 0 Å². The second-order valence-corrected chi connectivity index (χ2v) is 6.48. The van der Waals surface area contributed by atoms with Gasteiger partial charge in [0.2, 0.25) is 5.88 Å². The van der Waals surface area contributed by atoms with Gasteiger partial charge in [-0.25, -0.2) is 4.98 Å². The summed E-state index contributed by atoms with van der Waals surface area (Å²) in [7, 11) is 0. The SMILES string of the molecule is O=C(N[C@@H]1CCCC[C@@H]1O)c1ccc(Cl)nc1OC1CCC1. The maximum Gasteiger partial charge on any atom is 0.257 e. The number of carbonyl (C=O) groups excluding carboxylic acids is 1. The summed E-state index contributed by atoms with van der Waals surface area (Å²) in [5.41, 5.74) is 0.383. The van der Waals surface area contributed by atoms with Crippen LogP contribution in [0.15, 0.2) is 12.1 Å². The molecule has 120 valence electrons. The molecule has 0 saturated heterocycles. The number of hydrogen-bond acceptors (Lipinski definition) is 4. The fraction of sp³-hybridized carbons (Fsp3) is 0.625. The van der Waals surface area contributed by atoms with Crippen molar-refractivity contribution in [3.63, 3.8) is 0 Å². The summed E-state index contributed by atoms with van der Waals surface area (Å²) >= 11 is 5.92. The van der Waals surface area contributed by atoms with Crippen LogP contribution in [-0.4, -0.2) is 34.2 Å². The predicted molar refractivity (Wildman–Crippen MR) is 83.2 cm³/mol. The lowest BCUT2D eigenvalue weighted by Gasteiger charge is -2.29.